The molecule has 0 N–H and O–H groups in total. The number of aromatic nitrogens is 1. The third-order valence-electron chi connectivity index (χ3n) is 4.82. The number of anilines is 1. The minimum absolute atomic E-state index is 0.0489. The molecular weight excluding hydrogens is 278 g/mol. The van der Waals surface area contributed by atoms with E-state index in [0.29, 0.717) is 5.92 Å². The second kappa shape index (κ2) is 5.54. The van der Waals surface area contributed by atoms with Crippen molar-refractivity contribution in [3.05, 3.63) is 28.7 Å². The van der Waals surface area contributed by atoms with Crippen molar-refractivity contribution in [2.24, 2.45) is 18.4 Å². The number of carbonyl (C=O) groups excluding carboxylic acids is 1. The Morgan fingerprint density at radius 1 is 1.23 bits per heavy atom. The highest BCUT2D eigenvalue weighted by Gasteiger charge is 2.54. The van der Waals surface area contributed by atoms with Crippen LogP contribution in [0.1, 0.15) is 26.7 Å². The monoisotopic (exact) mass is 303 g/mol. The third kappa shape index (κ3) is 2.58. The zero-order valence-corrected chi connectivity index (χ0v) is 13.7. The van der Waals surface area contributed by atoms with Crippen LogP contribution in [0.4, 0.5) is 5.69 Å². The van der Waals surface area contributed by atoms with Crippen LogP contribution >= 0.6 is 0 Å². The second-order valence-corrected chi connectivity index (χ2v) is 7.24. The molecule has 2 aliphatic heterocycles. The quantitative estimate of drug-likeness (QED) is 0.794. The zero-order valence-electron chi connectivity index (χ0n) is 13.7. The number of piperidine rings is 1. The molecule has 2 fully saturated rings. The van der Waals surface area contributed by atoms with E-state index < -0.39 is 0 Å². The van der Waals surface area contributed by atoms with Crippen LogP contribution in [-0.4, -0.2) is 41.6 Å². The largest absolute Gasteiger partial charge is 0.317 e. The Morgan fingerprint density at radius 2 is 2.00 bits per heavy atom. The van der Waals surface area contributed by atoms with E-state index in [-0.39, 0.29) is 16.9 Å². The molecule has 3 heterocycles. The molecule has 1 unspecified atom stereocenters. The van der Waals surface area contributed by atoms with Crippen molar-refractivity contribution < 1.29 is 4.79 Å². The number of aryl methyl sites for hydroxylation is 1. The second-order valence-electron chi connectivity index (χ2n) is 7.24. The zero-order chi connectivity index (χ0) is 15.9. The summed E-state index contributed by atoms with van der Waals surface area (Å²) < 4.78 is 1.53. The van der Waals surface area contributed by atoms with E-state index in [9.17, 15) is 9.59 Å². The van der Waals surface area contributed by atoms with Gasteiger partial charge in [-0.05, 0) is 31.4 Å². The standard InChI is InChI=1S/C17H25N3O2/c1-13(2)9-19-8-4-7-17(11-19)12-20(16(17)22)14-5-6-15(21)18(3)10-14/h5-6,10,13H,4,7-9,11-12H2,1-3H3. The summed E-state index contributed by atoms with van der Waals surface area (Å²) in [4.78, 5) is 28.5. The maximum Gasteiger partial charge on any atom is 0.250 e. The van der Waals surface area contributed by atoms with E-state index in [2.05, 4.69) is 18.7 Å². The summed E-state index contributed by atoms with van der Waals surface area (Å²) >= 11 is 0. The molecule has 120 valence electrons. The molecule has 1 aromatic heterocycles. The highest BCUT2D eigenvalue weighted by molar-refractivity contribution is 6.04. The molecule has 1 atom stereocenters. The van der Waals surface area contributed by atoms with Crippen LogP contribution < -0.4 is 10.5 Å². The van der Waals surface area contributed by atoms with Crippen LogP contribution in [0.2, 0.25) is 0 Å². The number of nitrogens with zero attached hydrogens (tertiary/aromatic N) is 3. The van der Waals surface area contributed by atoms with Gasteiger partial charge in [0.05, 0.1) is 11.1 Å². The van der Waals surface area contributed by atoms with Gasteiger partial charge in [-0.2, -0.15) is 0 Å². The summed E-state index contributed by atoms with van der Waals surface area (Å²) in [5.74, 6) is 0.852. The van der Waals surface area contributed by atoms with Crippen molar-refractivity contribution in [1.82, 2.24) is 9.47 Å². The van der Waals surface area contributed by atoms with Crippen LogP contribution in [0.15, 0.2) is 23.1 Å². The molecule has 0 aliphatic carbocycles. The van der Waals surface area contributed by atoms with Crippen molar-refractivity contribution in [3.63, 3.8) is 0 Å². The summed E-state index contributed by atoms with van der Waals surface area (Å²) in [7, 11) is 1.72. The Labute approximate surface area is 131 Å². The molecule has 5 heteroatoms. The topological polar surface area (TPSA) is 45.5 Å². The molecule has 5 nitrogen and oxygen atoms in total. The summed E-state index contributed by atoms with van der Waals surface area (Å²) in [5, 5.41) is 0. The van der Waals surface area contributed by atoms with Gasteiger partial charge in [-0.15, -0.1) is 0 Å². The fourth-order valence-corrected chi connectivity index (χ4v) is 3.79. The number of pyridine rings is 1. The van der Waals surface area contributed by atoms with Crippen LogP contribution in [0, 0.1) is 11.3 Å². The Hall–Kier alpha value is -1.62. The Balaban J connectivity index is 1.73. The molecule has 2 saturated heterocycles. The summed E-state index contributed by atoms with van der Waals surface area (Å²) in [5.41, 5.74) is 0.591. The van der Waals surface area contributed by atoms with Gasteiger partial charge in [-0.1, -0.05) is 13.8 Å². The molecule has 1 amide bonds. The predicted molar refractivity (Wildman–Crippen MR) is 87.0 cm³/mol. The first-order valence-electron chi connectivity index (χ1n) is 8.12. The maximum atomic E-state index is 12.8. The van der Waals surface area contributed by atoms with E-state index >= 15 is 0 Å². The van der Waals surface area contributed by atoms with Gasteiger partial charge in [-0.3, -0.25) is 9.59 Å². The minimum atomic E-state index is -0.193. The first kappa shape index (κ1) is 15.3. The third-order valence-corrected chi connectivity index (χ3v) is 4.82. The van der Waals surface area contributed by atoms with Gasteiger partial charge in [0, 0.05) is 38.9 Å². The molecule has 2 aliphatic rings. The Bertz CT molecular complexity index is 637. The molecule has 1 spiro atoms. The number of rotatable bonds is 3. The summed E-state index contributed by atoms with van der Waals surface area (Å²) in [6.07, 6.45) is 3.84. The van der Waals surface area contributed by atoms with E-state index in [4.69, 9.17) is 0 Å². The van der Waals surface area contributed by atoms with E-state index in [1.165, 1.54) is 10.6 Å². The van der Waals surface area contributed by atoms with Gasteiger partial charge >= 0.3 is 0 Å². The molecule has 1 aromatic rings. The first-order valence-corrected chi connectivity index (χ1v) is 8.12. The number of carbonyl (C=O) groups is 1. The molecule has 3 rings (SSSR count). The van der Waals surface area contributed by atoms with Gasteiger partial charge in [0.25, 0.3) is 0 Å². The van der Waals surface area contributed by atoms with Gasteiger partial charge in [0.2, 0.25) is 11.5 Å². The van der Waals surface area contributed by atoms with Crippen LogP contribution in [0.3, 0.4) is 0 Å². The smallest absolute Gasteiger partial charge is 0.250 e. The number of likely N-dealkylation sites (tertiary alicyclic amines) is 1. The van der Waals surface area contributed by atoms with Gasteiger partial charge in [0.1, 0.15) is 0 Å². The van der Waals surface area contributed by atoms with Crippen LogP contribution in [0.25, 0.3) is 0 Å². The van der Waals surface area contributed by atoms with Crippen molar-refractivity contribution >= 4 is 11.6 Å². The van der Waals surface area contributed by atoms with E-state index in [1.807, 2.05) is 4.90 Å². The predicted octanol–water partition coefficient (Wildman–Crippen LogP) is 1.47. The van der Waals surface area contributed by atoms with Gasteiger partial charge in [0.15, 0.2) is 0 Å². The fourth-order valence-electron chi connectivity index (χ4n) is 3.79. The number of amides is 1. The lowest BCUT2D eigenvalue weighted by atomic mass is 9.72. The van der Waals surface area contributed by atoms with Crippen molar-refractivity contribution in [2.75, 3.05) is 31.1 Å². The van der Waals surface area contributed by atoms with Crippen molar-refractivity contribution in [1.29, 1.82) is 0 Å². The average Bonchev–Trinajstić information content (AvgIpc) is 2.47. The van der Waals surface area contributed by atoms with Gasteiger partial charge < -0.3 is 14.4 Å². The van der Waals surface area contributed by atoms with E-state index in [1.54, 1.807) is 19.3 Å². The summed E-state index contributed by atoms with van der Waals surface area (Å²) in [6, 6.07) is 3.28. The molecule has 0 saturated carbocycles. The van der Waals surface area contributed by atoms with Gasteiger partial charge in [-0.25, -0.2) is 0 Å². The molecule has 0 bridgehead atoms. The molecule has 0 radical (unpaired) electrons. The minimum Gasteiger partial charge on any atom is -0.317 e. The molecular formula is C17H25N3O2. The lowest BCUT2D eigenvalue weighted by molar-refractivity contribution is -0.139. The number of hydrogen-bond donors (Lipinski definition) is 0. The average molecular weight is 303 g/mol. The molecule has 0 aromatic carbocycles. The van der Waals surface area contributed by atoms with Crippen molar-refractivity contribution in [2.45, 2.75) is 26.7 Å². The van der Waals surface area contributed by atoms with E-state index in [0.717, 1.165) is 44.7 Å². The lowest BCUT2D eigenvalue weighted by Gasteiger charge is -2.53. The fraction of sp³-hybridized carbons (Fsp3) is 0.647. The number of hydrogen-bond acceptors (Lipinski definition) is 3. The lowest BCUT2D eigenvalue weighted by Crippen LogP contribution is -2.67. The Morgan fingerprint density at radius 3 is 2.64 bits per heavy atom. The normalized spacial score (nSPS) is 25.8. The SMILES string of the molecule is CC(C)CN1CCCC2(C1)CN(c1ccc(=O)n(C)c1)C2=O. The Kier molecular flexibility index (Phi) is 3.85. The first-order chi connectivity index (χ1) is 10.4. The van der Waals surface area contributed by atoms with Crippen LogP contribution in [-0.2, 0) is 11.8 Å². The van der Waals surface area contributed by atoms with Crippen LogP contribution in [0.5, 0.6) is 0 Å². The highest BCUT2D eigenvalue weighted by atomic mass is 16.2. The highest BCUT2D eigenvalue weighted by Crippen LogP contribution is 2.42. The number of β-lactam (4-membered cyclic amide) rings is 1. The molecule has 22 heavy (non-hydrogen) atoms. The van der Waals surface area contributed by atoms with Crippen molar-refractivity contribution in [3.8, 4) is 0 Å². The maximum absolute atomic E-state index is 12.8. The summed E-state index contributed by atoms with van der Waals surface area (Å²) in [6.45, 7) is 8.27.